The summed E-state index contributed by atoms with van der Waals surface area (Å²) in [6.45, 7) is 0. The van der Waals surface area contributed by atoms with Gasteiger partial charge in [0.25, 0.3) is 0 Å². The third-order valence-electron chi connectivity index (χ3n) is 1.81. The number of carbonyl (C=O) groups excluding carboxylic acids is 1. The maximum absolute atomic E-state index is 10.9. The second-order valence-corrected chi connectivity index (χ2v) is 5.06. The largest absolute Gasteiger partial charge is 0.300 e. The lowest BCUT2D eigenvalue weighted by Gasteiger charge is -2.01. The maximum Gasteiger partial charge on any atom is 0.170 e. The average Bonchev–Trinajstić information content (AvgIpc) is 2.63. The number of Topliss-reactive ketones (excluding diaryl/α,β-unsaturated/α-hetero) is 1. The van der Waals surface area contributed by atoms with Crippen LogP contribution in [0.1, 0.15) is 19.3 Å². The van der Waals surface area contributed by atoms with Crippen molar-refractivity contribution in [2.45, 2.75) is 28.9 Å². The summed E-state index contributed by atoms with van der Waals surface area (Å²) in [5.74, 6) is 0.386. The van der Waals surface area contributed by atoms with E-state index in [1.165, 1.54) is 11.5 Å². The van der Waals surface area contributed by atoms with Crippen LogP contribution < -0.4 is 0 Å². The number of aromatic nitrogens is 2. The second kappa shape index (κ2) is 3.53. The molecule has 0 N–H and O–H groups in total. The molecule has 12 heavy (non-hydrogen) atoms. The standard InChI is InChI=1S/C7H8N2OS2/c10-5-1-2-6(3-5)11-7-8-4-9-12-7/h4,6H,1-3H2. The summed E-state index contributed by atoms with van der Waals surface area (Å²) in [5.41, 5.74) is 0. The zero-order valence-corrected chi connectivity index (χ0v) is 8.03. The molecule has 1 aromatic rings. The lowest BCUT2D eigenvalue weighted by atomic mass is 10.4. The fraction of sp³-hybridized carbons (Fsp3) is 0.571. The van der Waals surface area contributed by atoms with E-state index < -0.39 is 0 Å². The molecule has 5 heteroatoms. The SMILES string of the molecule is O=C1CCC(Sc2ncns2)C1. The minimum atomic E-state index is 0.386. The monoisotopic (exact) mass is 200 g/mol. The highest BCUT2D eigenvalue weighted by Crippen LogP contribution is 2.33. The van der Waals surface area contributed by atoms with Crippen molar-refractivity contribution in [2.24, 2.45) is 0 Å². The molecule has 3 nitrogen and oxygen atoms in total. The molecule has 64 valence electrons. The second-order valence-electron chi connectivity index (χ2n) is 2.73. The molecule has 0 spiro atoms. The van der Waals surface area contributed by atoms with Crippen LogP contribution in [0.2, 0.25) is 0 Å². The quantitative estimate of drug-likeness (QED) is 0.729. The van der Waals surface area contributed by atoms with E-state index >= 15 is 0 Å². The molecule has 0 bridgehead atoms. The van der Waals surface area contributed by atoms with Gasteiger partial charge in [-0.2, -0.15) is 4.37 Å². The molecule has 0 amide bonds. The van der Waals surface area contributed by atoms with Crippen molar-refractivity contribution in [1.29, 1.82) is 0 Å². The minimum Gasteiger partial charge on any atom is -0.300 e. The number of thioether (sulfide) groups is 1. The molecule has 1 unspecified atom stereocenters. The number of carbonyl (C=O) groups is 1. The lowest BCUT2D eigenvalue weighted by molar-refractivity contribution is -0.117. The molecule has 0 aliphatic heterocycles. The van der Waals surface area contributed by atoms with E-state index in [4.69, 9.17) is 0 Å². The van der Waals surface area contributed by atoms with Gasteiger partial charge in [-0.05, 0) is 18.0 Å². The first kappa shape index (κ1) is 8.19. The van der Waals surface area contributed by atoms with Crippen molar-refractivity contribution in [3.63, 3.8) is 0 Å². The summed E-state index contributed by atoms with van der Waals surface area (Å²) >= 11 is 3.09. The van der Waals surface area contributed by atoms with Crippen LogP contribution >= 0.6 is 23.3 Å². The first-order valence-corrected chi connectivity index (χ1v) is 5.45. The molecule has 1 aromatic heterocycles. The summed E-state index contributed by atoms with van der Waals surface area (Å²) in [6, 6.07) is 0. The van der Waals surface area contributed by atoms with Gasteiger partial charge in [0, 0.05) is 18.1 Å². The van der Waals surface area contributed by atoms with Gasteiger partial charge in [0.05, 0.1) is 0 Å². The van der Waals surface area contributed by atoms with E-state index in [0.29, 0.717) is 17.5 Å². The number of rotatable bonds is 2. The summed E-state index contributed by atoms with van der Waals surface area (Å²) < 4.78 is 4.89. The fourth-order valence-corrected chi connectivity index (χ4v) is 3.12. The lowest BCUT2D eigenvalue weighted by Crippen LogP contribution is -1.95. The van der Waals surface area contributed by atoms with Crippen molar-refractivity contribution in [1.82, 2.24) is 9.36 Å². The molecule has 2 rings (SSSR count). The first-order chi connectivity index (χ1) is 5.84. The third kappa shape index (κ3) is 1.84. The Morgan fingerprint density at radius 2 is 2.58 bits per heavy atom. The Bertz CT molecular complexity index is 273. The number of ketones is 1. The highest BCUT2D eigenvalue weighted by Gasteiger charge is 2.23. The smallest absolute Gasteiger partial charge is 0.170 e. The number of nitrogens with zero attached hydrogens (tertiary/aromatic N) is 2. The Balaban J connectivity index is 1.92. The third-order valence-corrected chi connectivity index (χ3v) is 3.83. The average molecular weight is 200 g/mol. The van der Waals surface area contributed by atoms with Gasteiger partial charge in [-0.25, -0.2) is 4.98 Å². The molecule has 0 radical (unpaired) electrons. The Morgan fingerprint density at radius 1 is 1.67 bits per heavy atom. The summed E-state index contributed by atoms with van der Waals surface area (Å²) in [7, 11) is 0. The van der Waals surface area contributed by atoms with Crippen LogP contribution in [-0.4, -0.2) is 20.4 Å². The Hall–Kier alpha value is -0.420. The Morgan fingerprint density at radius 3 is 3.17 bits per heavy atom. The van der Waals surface area contributed by atoms with Gasteiger partial charge in [0.15, 0.2) is 4.34 Å². The predicted molar refractivity (Wildman–Crippen MR) is 48.4 cm³/mol. The Labute approximate surface area is 78.8 Å². The van der Waals surface area contributed by atoms with Gasteiger partial charge >= 0.3 is 0 Å². The molecule has 1 heterocycles. The molecule has 1 aliphatic rings. The van der Waals surface area contributed by atoms with Crippen molar-refractivity contribution in [3.05, 3.63) is 6.33 Å². The number of hydrogen-bond acceptors (Lipinski definition) is 5. The van der Waals surface area contributed by atoms with E-state index in [1.54, 1.807) is 18.1 Å². The van der Waals surface area contributed by atoms with Gasteiger partial charge in [-0.3, -0.25) is 4.79 Å². The summed E-state index contributed by atoms with van der Waals surface area (Å²) in [5, 5.41) is 0.449. The van der Waals surface area contributed by atoms with Gasteiger partial charge in [0.1, 0.15) is 12.1 Å². The molecule has 1 fully saturated rings. The van der Waals surface area contributed by atoms with E-state index in [1.807, 2.05) is 0 Å². The van der Waals surface area contributed by atoms with Gasteiger partial charge in [-0.15, -0.1) is 0 Å². The fourth-order valence-electron chi connectivity index (χ4n) is 1.24. The molecule has 1 aliphatic carbocycles. The maximum atomic E-state index is 10.9. The van der Waals surface area contributed by atoms with E-state index in [9.17, 15) is 4.79 Å². The van der Waals surface area contributed by atoms with Gasteiger partial charge in [-0.1, -0.05) is 11.8 Å². The first-order valence-electron chi connectivity index (χ1n) is 3.79. The molecule has 0 saturated heterocycles. The van der Waals surface area contributed by atoms with Crippen LogP contribution in [0.4, 0.5) is 0 Å². The molecule has 1 saturated carbocycles. The van der Waals surface area contributed by atoms with Crippen molar-refractivity contribution in [3.8, 4) is 0 Å². The molecular formula is C7H8N2OS2. The van der Waals surface area contributed by atoms with Crippen LogP contribution in [0, 0.1) is 0 Å². The number of hydrogen-bond donors (Lipinski definition) is 0. The summed E-state index contributed by atoms with van der Waals surface area (Å²) in [6.07, 6.45) is 4.02. The normalized spacial score (nSPS) is 23.3. The predicted octanol–water partition coefficient (Wildman–Crippen LogP) is 1.75. The van der Waals surface area contributed by atoms with Crippen molar-refractivity contribution < 1.29 is 4.79 Å². The zero-order chi connectivity index (χ0) is 8.39. The highest BCUT2D eigenvalue weighted by atomic mass is 32.2. The van der Waals surface area contributed by atoms with E-state index in [2.05, 4.69) is 9.36 Å². The molecular weight excluding hydrogens is 192 g/mol. The van der Waals surface area contributed by atoms with Crippen LogP contribution in [0.3, 0.4) is 0 Å². The van der Waals surface area contributed by atoms with E-state index in [-0.39, 0.29) is 0 Å². The van der Waals surface area contributed by atoms with Crippen LogP contribution in [0.25, 0.3) is 0 Å². The molecule has 1 atom stereocenters. The summed E-state index contributed by atoms with van der Waals surface area (Å²) in [4.78, 5) is 15.0. The van der Waals surface area contributed by atoms with Crippen molar-refractivity contribution >= 4 is 29.1 Å². The Kier molecular flexibility index (Phi) is 2.41. The van der Waals surface area contributed by atoms with Crippen LogP contribution in [-0.2, 0) is 4.79 Å². The van der Waals surface area contributed by atoms with Crippen LogP contribution in [0.5, 0.6) is 0 Å². The highest BCUT2D eigenvalue weighted by molar-refractivity contribution is 8.01. The zero-order valence-electron chi connectivity index (χ0n) is 6.40. The minimum absolute atomic E-state index is 0.386. The van der Waals surface area contributed by atoms with Crippen molar-refractivity contribution in [2.75, 3.05) is 0 Å². The van der Waals surface area contributed by atoms with E-state index in [0.717, 1.165) is 17.2 Å². The van der Waals surface area contributed by atoms with Gasteiger partial charge in [0.2, 0.25) is 0 Å². The molecule has 0 aromatic carbocycles. The topological polar surface area (TPSA) is 42.9 Å². The van der Waals surface area contributed by atoms with Crippen LogP contribution in [0.15, 0.2) is 10.7 Å². The van der Waals surface area contributed by atoms with Gasteiger partial charge < -0.3 is 0 Å².